The molecule has 2 fully saturated rings. The van der Waals surface area contributed by atoms with Gasteiger partial charge < -0.3 is 10.2 Å². The SMILES string of the molecule is CC(C)(C)c1ccc(N2CCC3CCC(C2)N3)nc1. The van der Waals surface area contributed by atoms with Gasteiger partial charge in [-0.15, -0.1) is 0 Å². The van der Waals surface area contributed by atoms with Crippen LogP contribution in [0.5, 0.6) is 0 Å². The van der Waals surface area contributed by atoms with Crippen LogP contribution in [0.25, 0.3) is 0 Å². The van der Waals surface area contributed by atoms with Crippen LogP contribution < -0.4 is 10.2 Å². The highest BCUT2D eigenvalue weighted by molar-refractivity contribution is 5.41. The van der Waals surface area contributed by atoms with E-state index in [2.05, 4.69) is 43.1 Å². The van der Waals surface area contributed by atoms with Crippen LogP contribution in [0.2, 0.25) is 0 Å². The molecular weight excluding hydrogens is 234 g/mol. The van der Waals surface area contributed by atoms with Crippen LogP contribution in [0.1, 0.15) is 45.6 Å². The highest BCUT2D eigenvalue weighted by atomic mass is 15.2. The van der Waals surface area contributed by atoms with Gasteiger partial charge in [0.25, 0.3) is 0 Å². The lowest BCUT2D eigenvalue weighted by Gasteiger charge is -2.26. The third-order valence-corrected chi connectivity index (χ3v) is 4.46. The molecule has 0 saturated carbocycles. The van der Waals surface area contributed by atoms with Crippen molar-refractivity contribution in [2.45, 2.75) is 57.5 Å². The van der Waals surface area contributed by atoms with E-state index in [-0.39, 0.29) is 5.41 Å². The maximum Gasteiger partial charge on any atom is 0.128 e. The van der Waals surface area contributed by atoms with Crippen molar-refractivity contribution in [1.29, 1.82) is 0 Å². The van der Waals surface area contributed by atoms with Gasteiger partial charge in [0, 0.05) is 31.4 Å². The molecule has 0 spiro atoms. The second-order valence-electron chi connectivity index (χ2n) is 7.03. The van der Waals surface area contributed by atoms with Crippen LogP contribution in [0.3, 0.4) is 0 Å². The van der Waals surface area contributed by atoms with Crippen LogP contribution in [0.15, 0.2) is 18.3 Å². The summed E-state index contributed by atoms with van der Waals surface area (Å²) in [7, 11) is 0. The normalized spacial score (nSPS) is 27.4. The topological polar surface area (TPSA) is 28.2 Å². The maximum absolute atomic E-state index is 4.69. The number of anilines is 1. The predicted octanol–water partition coefficient (Wildman–Crippen LogP) is 2.71. The van der Waals surface area contributed by atoms with Gasteiger partial charge in [-0.3, -0.25) is 0 Å². The standard InChI is InChI=1S/C16H25N3/c1-16(2,3)12-4-7-15(17-10-12)19-9-8-13-5-6-14(11-19)18-13/h4,7,10,13-14,18H,5-6,8-9,11H2,1-3H3. The Labute approximate surface area is 116 Å². The molecule has 3 heteroatoms. The number of aromatic nitrogens is 1. The molecule has 3 nitrogen and oxygen atoms in total. The number of nitrogens with zero attached hydrogens (tertiary/aromatic N) is 2. The van der Waals surface area contributed by atoms with Crippen molar-refractivity contribution >= 4 is 5.82 Å². The smallest absolute Gasteiger partial charge is 0.128 e. The summed E-state index contributed by atoms with van der Waals surface area (Å²) in [6.45, 7) is 8.95. The van der Waals surface area contributed by atoms with Gasteiger partial charge in [0.1, 0.15) is 5.82 Å². The molecule has 0 radical (unpaired) electrons. The van der Waals surface area contributed by atoms with Gasteiger partial charge in [-0.05, 0) is 36.3 Å². The van der Waals surface area contributed by atoms with Crippen molar-refractivity contribution in [3.05, 3.63) is 23.9 Å². The Hall–Kier alpha value is -1.09. The lowest BCUT2D eigenvalue weighted by Crippen LogP contribution is -2.35. The second kappa shape index (κ2) is 4.78. The Morgan fingerprint density at radius 3 is 2.63 bits per heavy atom. The lowest BCUT2D eigenvalue weighted by molar-refractivity contribution is 0.563. The van der Waals surface area contributed by atoms with Crippen molar-refractivity contribution in [2.24, 2.45) is 0 Å². The first-order valence-corrected chi connectivity index (χ1v) is 7.50. The number of hydrogen-bond acceptors (Lipinski definition) is 3. The molecule has 104 valence electrons. The Morgan fingerprint density at radius 2 is 1.95 bits per heavy atom. The number of rotatable bonds is 1. The van der Waals surface area contributed by atoms with Gasteiger partial charge in [-0.1, -0.05) is 26.8 Å². The fourth-order valence-corrected chi connectivity index (χ4v) is 3.17. The monoisotopic (exact) mass is 259 g/mol. The maximum atomic E-state index is 4.69. The summed E-state index contributed by atoms with van der Waals surface area (Å²) in [5, 5.41) is 3.72. The van der Waals surface area contributed by atoms with Crippen molar-refractivity contribution in [3.8, 4) is 0 Å². The van der Waals surface area contributed by atoms with Gasteiger partial charge in [-0.25, -0.2) is 4.98 Å². The molecule has 2 saturated heterocycles. The minimum atomic E-state index is 0.185. The summed E-state index contributed by atoms with van der Waals surface area (Å²) in [6.07, 6.45) is 5.97. The van der Waals surface area contributed by atoms with Gasteiger partial charge in [0.05, 0.1) is 0 Å². The summed E-state index contributed by atoms with van der Waals surface area (Å²) < 4.78 is 0. The Bertz CT molecular complexity index is 432. The Balaban J connectivity index is 1.75. The largest absolute Gasteiger partial charge is 0.355 e. The van der Waals surface area contributed by atoms with Crippen molar-refractivity contribution in [2.75, 3.05) is 18.0 Å². The average Bonchev–Trinajstić information content (AvgIpc) is 2.68. The van der Waals surface area contributed by atoms with E-state index in [1.54, 1.807) is 0 Å². The summed E-state index contributed by atoms with van der Waals surface area (Å²) >= 11 is 0. The molecule has 2 aliphatic rings. The molecule has 3 rings (SSSR count). The van der Waals surface area contributed by atoms with E-state index in [1.165, 1.54) is 24.8 Å². The van der Waals surface area contributed by atoms with E-state index in [1.807, 2.05) is 6.20 Å². The Morgan fingerprint density at radius 1 is 1.16 bits per heavy atom. The molecule has 3 heterocycles. The van der Waals surface area contributed by atoms with Crippen LogP contribution in [-0.4, -0.2) is 30.2 Å². The molecule has 2 aliphatic heterocycles. The first kappa shape index (κ1) is 12.9. The minimum absolute atomic E-state index is 0.185. The zero-order valence-electron chi connectivity index (χ0n) is 12.3. The molecule has 0 aliphatic carbocycles. The number of fused-ring (bicyclic) bond motifs is 2. The molecule has 0 amide bonds. The average molecular weight is 259 g/mol. The van der Waals surface area contributed by atoms with E-state index in [4.69, 9.17) is 4.98 Å². The molecule has 1 aromatic rings. The number of nitrogens with one attached hydrogen (secondary N) is 1. The minimum Gasteiger partial charge on any atom is -0.355 e. The zero-order valence-corrected chi connectivity index (χ0v) is 12.3. The van der Waals surface area contributed by atoms with Crippen molar-refractivity contribution in [3.63, 3.8) is 0 Å². The molecule has 2 unspecified atom stereocenters. The number of hydrogen-bond donors (Lipinski definition) is 1. The van der Waals surface area contributed by atoms with Crippen molar-refractivity contribution in [1.82, 2.24) is 10.3 Å². The van der Waals surface area contributed by atoms with E-state index in [9.17, 15) is 0 Å². The summed E-state index contributed by atoms with van der Waals surface area (Å²) in [5.74, 6) is 1.14. The molecule has 19 heavy (non-hydrogen) atoms. The summed E-state index contributed by atoms with van der Waals surface area (Å²) in [5.41, 5.74) is 1.50. The fourth-order valence-electron chi connectivity index (χ4n) is 3.17. The highest BCUT2D eigenvalue weighted by Crippen LogP contribution is 2.26. The molecule has 0 aromatic carbocycles. The first-order valence-electron chi connectivity index (χ1n) is 7.50. The van der Waals surface area contributed by atoms with Crippen LogP contribution in [0.4, 0.5) is 5.82 Å². The zero-order chi connectivity index (χ0) is 13.5. The first-order chi connectivity index (χ1) is 9.02. The summed E-state index contributed by atoms with van der Waals surface area (Å²) in [6, 6.07) is 5.83. The molecular formula is C16H25N3. The van der Waals surface area contributed by atoms with Crippen molar-refractivity contribution < 1.29 is 0 Å². The van der Waals surface area contributed by atoms with E-state index >= 15 is 0 Å². The number of pyridine rings is 1. The van der Waals surface area contributed by atoms with E-state index < -0.39 is 0 Å². The van der Waals surface area contributed by atoms with E-state index in [0.29, 0.717) is 6.04 Å². The summed E-state index contributed by atoms with van der Waals surface area (Å²) in [4.78, 5) is 7.14. The Kier molecular flexibility index (Phi) is 3.25. The van der Waals surface area contributed by atoms with Gasteiger partial charge in [0.15, 0.2) is 0 Å². The molecule has 2 bridgehead atoms. The molecule has 2 atom stereocenters. The fraction of sp³-hybridized carbons (Fsp3) is 0.688. The van der Waals surface area contributed by atoms with Crippen LogP contribution in [0, 0.1) is 0 Å². The highest BCUT2D eigenvalue weighted by Gasteiger charge is 2.29. The van der Waals surface area contributed by atoms with E-state index in [0.717, 1.165) is 24.9 Å². The lowest BCUT2D eigenvalue weighted by atomic mass is 9.88. The van der Waals surface area contributed by atoms with Crippen LogP contribution >= 0.6 is 0 Å². The molecule has 1 aromatic heterocycles. The third-order valence-electron chi connectivity index (χ3n) is 4.46. The van der Waals surface area contributed by atoms with Gasteiger partial charge in [-0.2, -0.15) is 0 Å². The predicted molar refractivity (Wildman–Crippen MR) is 79.7 cm³/mol. The third kappa shape index (κ3) is 2.76. The van der Waals surface area contributed by atoms with Gasteiger partial charge >= 0.3 is 0 Å². The van der Waals surface area contributed by atoms with Gasteiger partial charge in [0.2, 0.25) is 0 Å². The quantitative estimate of drug-likeness (QED) is 0.840. The molecule has 1 N–H and O–H groups in total. The van der Waals surface area contributed by atoms with Crippen LogP contribution in [-0.2, 0) is 5.41 Å². The second-order valence-corrected chi connectivity index (χ2v) is 7.03.